The van der Waals surface area contributed by atoms with Crippen LogP contribution in [0.25, 0.3) is 5.52 Å². The Kier molecular flexibility index (Phi) is 6.06. The maximum Gasteiger partial charge on any atom is 0.401 e. The van der Waals surface area contributed by atoms with Gasteiger partial charge in [0.1, 0.15) is 10.5 Å². The molecular weight excluding hydrogens is 430 g/mol. The van der Waals surface area contributed by atoms with Crippen molar-refractivity contribution >= 4 is 23.1 Å². The van der Waals surface area contributed by atoms with Crippen molar-refractivity contribution in [1.29, 1.82) is 0 Å². The van der Waals surface area contributed by atoms with Gasteiger partial charge in [0.25, 0.3) is 0 Å². The van der Waals surface area contributed by atoms with Crippen LogP contribution in [0, 0.1) is 5.82 Å². The van der Waals surface area contributed by atoms with E-state index in [9.17, 15) is 22.7 Å². The summed E-state index contributed by atoms with van der Waals surface area (Å²) in [5.41, 5.74) is 0.541. The predicted octanol–water partition coefficient (Wildman–Crippen LogP) is 2.83. The molecule has 12 heteroatoms. The van der Waals surface area contributed by atoms with Gasteiger partial charge < -0.3 is 15.2 Å². The van der Waals surface area contributed by atoms with Gasteiger partial charge >= 0.3 is 6.18 Å². The zero-order valence-electron chi connectivity index (χ0n) is 16.0. The number of nitrogens with one attached hydrogen (secondary N) is 1. The fourth-order valence-electron chi connectivity index (χ4n) is 4.10. The third kappa shape index (κ3) is 4.48. The Labute approximate surface area is 175 Å². The lowest BCUT2D eigenvalue weighted by Crippen LogP contribution is -2.42. The smallest absolute Gasteiger partial charge is 0.389 e. The zero-order chi connectivity index (χ0) is 21.5. The Bertz CT molecular complexity index is 901. The fraction of sp³-hybridized carbons (Fsp3) is 0.667. The Morgan fingerprint density at radius 1 is 1.27 bits per heavy atom. The second kappa shape index (κ2) is 8.45. The summed E-state index contributed by atoms with van der Waals surface area (Å²) in [4.78, 5) is 5.46. The maximum atomic E-state index is 14.7. The van der Waals surface area contributed by atoms with Gasteiger partial charge in [-0.1, -0.05) is 11.6 Å². The molecule has 2 aliphatic rings. The van der Waals surface area contributed by atoms with E-state index in [1.807, 2.05) is 0 Å². The van der Waals surface area contributed by atoms with Crippen molar-refractivity contribution in [3.8, 4) is 0 Å². The van der Waals surface area contributed by atoms with Crippen molar-refractivity contribution in [3.05, 3.63) is 22.7 Å². The molecule has 2 aromatic heterocycles. The second-order valence-corrected chi connectivity index (χ2v) is 8.12. The highest BCUT2D eigenvalue weighted by molar-refractivity contribution is 6.32. The lowest BCUT2D eigenvalue weighted by Gasteiger charge is -2.32. The standard InChI is InChI=1S/C18H22ClF4N5O2/c19-14-15(20)12-7-24-17(25-11-3-6-30-8-13(11)29)26-28(12)16(14)10-1-4-27(5-2-10)9-18(21,22)23/h7,10-11,13,29H,1-6,8-9H2,(H,25,26)/t11-,13-/m1/s1. The molecule has 0 aliphatic carbocycles. The Hall–Kier alpha value is -1.69. The molecule has 2 aliphatic heterocycles. The van der Waals surface area contributed by atoms with E-state index < -0.39 is 24.6 Å². The Morgan fingerprint density at radius 2 is 2.00 bits per heavy atom. The molecule has 0 amide bonds. The zero-order valence-corrected chi connectivity index (χ0v) is 16.8. The van der Waals surface area contributed by atoms with Gasteiger partial charge in [0, 0.05) is 12.5 Å². The number of anilines is 1. The van der Waals surface area contributed by atoms with Crippen LogP contribution in [0.5, 0.6) is 0 Å². The third-order valence-electron chi connectivity index (χ3n) is 5.62. The molecule has 2 atom stereocenters. The molecule has 4 heterocycles. The number of halogens is 5. The van der Waals surface area contributed by atoms with Gasteiger partial charge in [-0.25, -0.2) is 13.9 Å². The summed E-state index contributed by atoms with van der Waals surface area (Å²) < 4.78 is 59.1. The van der Waals surface area contributed by atoms with Gasteiger partial charge in [-0.05, 0) is 32.4 Å². The molecular formula is C18H22ClF4N5O2. The van der Waals surface area contributed by atoms with Crippen molar-refractivity contribution in [1.82, 2.24) is 19.5 Å². The number of hydrogen-bond donors (Lipinski definition) is 2. The molecule has 7 nitrogen and oxygen atoms in total. The molecule has 0 unspecified atom stereocenters. The molecule has 0 saturated carbocycles. The van der Waals surface area contributed by atoms with Crippen molar-refractivity contribution in [2.75, 3.05) is 38.2 Å². The van der Waals surface area contributed by atoms with E-state index in [2.05, 4.69) is 15.4 Å². The molecule has 2 saturated heterocycles. The molecule has 2 N–H and O–H groups in total. The minimum atomic E-state index is -4.25. The minimum Gasteiger partial charge on any atom is -0.389 e. The van der Waals surface area contributed by atoms with Crippen LogP contribution in [-0.2, 0) is 4.74 Å². The van der Waals surface area contributed by atoms with Crippen molar-refractivity contribution in [2.45, 2.75) is 43.5 Å². The number of fused-ring (bicyclic) bond motifs is 1. The van der Waals surface area contributed by atoms with E-state index in [1.165, 1.54) is 15.6 Å². The SMILES string of the molecule is O[C@@H]1COCC[C@H]1Nc1ncc2c(F)c(Cl)c(C3CCN(CC(F)(F)F)CC3)n2n1. The molecule has 0 radical (unpaired) electrons. The summed E-state index contributed by atoms with van der Waals surface area (Å²) in [6.07, 6.45) is -2.28. The van der Waals surface area contributed by atoms with E-state index in [1.54, 1.807) is 0 Å². The van der Waals surface area contributed by atoms with Gasteiger partial charge in [0.2, 0.25) is 5.95 Å². The van der Waals surface area contributed by atoms with E-state index in [0.29, 0.717) is 31.6 Å². The lowest BCUT2D eigenvalue weighted by molar-refractivity contribution is -0.148. The summed E-state index contributed by atoms with van der Waals surface area (Å²) in [5, 5.41) is 17.4. The highest BCUT2D eigenvalue weighted by Crippen LogP contribution is 2.37. The first-order valence-corrected chi connectivity index (χ1v) is 10.1. The van der Waals surface area contributed by atoms with E-state index in [0.717, 1.165) is 0 Å². The first kappa shape index (κ1) is 21.5. The molecule has 2 fully saturated rings. The maximum absolute atomic E-state index is 14.7. The molecule has 0 aromatic carbocycles. The van der Waals surface area contributed by atoms with Crippen LogP contribution >= 0.6 is 11.6 Å². The quantitative estimate of drug-likeness (QED) is 0.696. The topological polar surface area (TPSA) is 74.9 Å². The normalized spacial score (nSPS) is 24.5. The number of hydrogen-bond acceptors (Lipinski definition) is 6. The summed E-state index contributed by atoms with van der Waals surface area (Å²) in [6.45, 7) is 0.203. The van der Waals surface area contributed by atoms with E-state index in [4.69, 9.17) is 16.3 Å². The molecule has 0 spiro atoms. The number of likely N-dealkylation sites (tertiary alicyclic amines) is 1. The van der Waals surface area contributed by atoms with Gasteiger partial charge in [0.15, 0.2) is 5.82 Å². The summed E-state index contributed by atoms with van der Waals surface area (Å²) in [7, 11) is 0. The summed E-state index contributed by atoms with van der Waals surface area (Å²) in [6, 6.07) is -0.305. The van der Waals surface area contributed by atoms with Crippen LogP contribution in [0.2, 0.25) is 5.02 Å². The number of piperidine rings is 1. The molecule has 166 valence electrons. The third-order valence-corrected chi connectivity index (χ3v) is 5.98. The van der Waals surface area contributed by atoms with Crippen molar-refractivity contribution < 1.29 is 27.4 Å². The first-order chi connectivity index (χ1) is 14.2. The highest BCUT2D eigenvalue weighted by Gasteiger charge is 2.35. The second-order valence-electron chi connectivity index (χ2n) is 7.74. The lowest BCUT2D eigenvalue weighted by atomic mass is 9.93. The highest BCUT2D eigenvalue weighted by atomic mass is 35.5. The van der Waals surface area contributed by atoms with Crippen LogP contribution in [0.1, 0.15) is 30.9 Å². The monoisotopic (exact) mass is 451 g/mol. The van der Waals surface area contributed by atoms with Crippen molar-refractivity contribution in [2.24, 2.45) is 0 Å². The average Bonchev–Trinajstić information content (AvgIpc) is 2.93. The number of aliphatic hydroxyl groups is 1. The molecule has 4 rings (SSSR count). The average molecular weight is 452 g/mol. The van der Waals surface area contributed by atoms with E-state index in [-0.39, 0.29) is 48.1 Å². The predicted molar refractivity (Wildman–Crippen MR) is 101 cm³/mol. The van der Waals surface area contributed by atoms with Crippen LogP contribution in [0.3, 0.4) is 0 Å². The number of rotatable bonds is 4. The van der Waals surface area contributed by atoms with E-state index >= 15 is 0 Å². The molecule has 30 heavy (non-hydrogen) atoms. The van der Waals surface area contributed by atoms with Crippen LogP contribution < -0.4 is 5.32 Å². The molecule has 0 bridgehead atoms. The van der Waals surface area contributed by atoms with Gasteiger partial charge in [-0.2, -0.15) is 13.2 Å². The largest absolute Gasteiger partial charge is 0.401 e. The first-order valence-electron chi connectivity index (χ1n) is 9.77. The number of alkyl halides is 3. The van der Waals surface area contributed by atoms with Crippen LogP contribution in [-0.4, -0.2) is 75.8 Å². The van der Waals surface area contributed by atoms with Gasteiger partial charge in [0.05, 0.1) is 37.2 Å². The number of aliphatic hydroxyl groups excluding tert-OH is 1. The number of ether oxygens (including phenoxy) is 1. The fourth-order valence-corrected chi connectivity index (χ4v) is 4.43. The van der Waals surface area contributed by atoms with Gasteiger partial charge in [-0.3, -0.25) is 4.90 Å². The van der Waals surface area contributed by atoms with Crippen molar-refractivity contribution in [3.63, 3.8) is 0 Å². The number of aromatic nitrogens is 3. The summed E-state index contributed by atoms with van der Waals surface area (Å²) in [5.74, 6) is -0.673. The number of nitrogens with zero attached hydrogens (tertiary/aromatic N) is 4. The summed E-state index contributed by atoms with van der Waals surface area (Å²) >= 11 is 6.25. The Morgan fingerprint density at radius 3 is 2.67 bits per heavy atom. The Balaban J connectivity index is 1.56. The van der Waals surface area contributed by atoms with Crippen LogP contribution in [0.4, 0.5) is 23.5 Å². The molecule has 2 aromatic rings. The van der Waals surface area contributed by atoms with Crippen LogP contribution in [0.15, 0.2) is 6.20 Å². The minimum absolute atomic E-state index is 0.0816. The van der Waals surface area contributed by atoms with Gasteiger partial charge in [-0.15, -0.1) is 5.10 Å².